The molecule has 1 aromatic rings. The zero-order valence-electron chi connectivity index (χ0n) is 17.4. The molecule has 0 spiro atoms. The van der Waals surface area contributed by atoms with Crippen molar-refractivity contribution in [1.82, 2.24) is 10.6 Å². The molecule has 0 saturated heterocycles. The Bertz CT molecular complexity index is 633. The largest absolute Gasteiger partial charge is 0.467 e. The van der Waals surface area contributed by atoms with Gasteiger partial charge in [0.2, 0.25) is 5.91 Å². The van der Waals surface area contributed by atoms with Crippen LogP contribution in [-0.4, -0.2) is 37.2 Å². The first-order valence-electron chi connectivity index (χ1n) is 9.63. The number of hydrogen-bond donors (Lipinski definition) is 2. The van der Waals surface area contributed by atoms with Gasteiger partial charge in [-0.25, -0.2) is 9.59 Å². The molecular weight excluding hydrogens is 360 g/mol. The van der Waals surface area contributed by atoms with Crippen molar-refractivity contribution in [2.45, 2.75) is 59.2 Å². The van der Waals surface area contributed by atoms with Crippen molar-refractivity contribution in [3.8, 4) is 0 Å². The van der Waals surface area contributed by atoms with Crippen LogP contribution < -0.4 is 10.6 Å². The fourth-order valence-corrected chi connectivity index (χ4v) is 2.66. The van der Waals surface area contributed by atoms with Crippen molar-refractivity contribution >= 4 is 18.0 Å². The van der Waals surface area contributed by atoms with Crippen molar-refractivity contribution in [3.05, 3.63) is 35.9 Å². The number of rotatable bonds is 10. The minimum atomic E-state index is -0.806. The van der Waals surface area contributed by atoms with E-state index in [1.807, 2.05) is 58.0 Å². The van der Waals surface area contributed by atoms with Gasteiger partial charge in [-0.15, -0.1) is 0 Å². The van der Waals surface area contributed by atoms with Gasteiger partial charge in [0.05, 0.1) is 7.11 Å². The molecule has 0 heterocycles. The first-order valence-corrected chi connectivity index (χ1v) is 9.63. The molecule has 0 radical (unpaired) electrons. The Morgan fingerprint density at radius 3 is 2.21 bits per heavy atom. The zero-order chi connectivity index (χ0) is 21.1. The Morgan fingerprint density at radius 2 is 1.68 bits per heavy atom. The molecule has 0 aliphatic rings. The lowest BCUT2D eigenvalue weighted by Gasteiger charge is -2.26. The highest BCUT2D eigenvalue weighted by Gasteiger charge is 2.31. The highest BCUT2D eigenvalue weighted by atomic mass is 16.5. The fourth-order valence-electron chi connectivity index (χ4n) is 2.66. The Hall–Kier alpha value is -2.57. The monoisotopic (exact) mass is 392 g/mol. The number of alkyl carbamates (subject to hydrolysis) is 1. The first-order chi connectivity index (χ1) is 13.3. The van der Waals surface area contributed by atoms with E-state index in [-0.39, 0.29) is 18.4 Å². The van der Waals surface area contributed by atoms with Crippen LogP contribution in [0.4, 0.5) is 4.79 Å². The van der Waals surface area contributed by atoms with E-state index in [9.17, 15) is 14.4 Å². The molecule has 1 aromatic carbocycles. The molecule has 2 N–H and O–H groups in total. The summed E-state index contributed by atoms with van der Waals surface area (Å²) in [6.07, 6.45) is 0.435. The van der Waals surface area contributed by atoms with Gasteiger partial charge in [-0.3, -0.25) is 4.79 Å². The number of methoxy groups -OCH3 is 1. The number of nitrogens with one attached hydrogen (secondary N) is 2. The van der Waals surface area contributed by atoms with E-state index < -0.39 is 30.1 Å². The van der Waals surface area contributed by atoms with Gasteiger partial charge in [0.15, 0.2) is 0 Å². The molecule has 156 valence electrons. The number of benzene rings is 1. The van der Waals surface area contributed by atoms with E-state index in [0.717, 1.165) is 5.56 Å². The quantitative estimate of drug-likeness (QED) is 0.597. The van der Waals surface area contributed by atoms with E-state index >= 15 is 0 Å². The topological polar surface area (TPSA) is 93.7 Å². The number of esters is 1. The average molecular weight is 392 g/mol. The summed E-state index contributed by atoms with van der Waals surface area (Å²) in [6.45, 7) is 7.80. The lowest BCUT2D eigenvalue weighted by atomic mass is 9.97. The molecule has 0 bridgehead atoms. The molecule has 0 aliphatic heterocycles. The van der Waals surface area contributed by atoms with Crippen molar-refractivity contribution in [3.63, 3.8) is 0 Å². The molecule has 0 aromatic heterocycles. The molecule has 0 aliphatic carbocycles. The van der Waals surface area contributed by atoms with Crippen LogP contribution in [0.5, 0.6) is 0 Å². The van der Waals surface area contributed by atoms with Gasteiger partial charge in [-0.05, 0) is 23.8 Å². The Labute approximate surface area is 167 Å². The molecule has 0 saturated carbocycles. The molecule has 2 amide bonds. The van der Waals surface area contributed by atoms with Crippen LogP contribution >= 0.6 is 0 Å². The highest BCUT2D eigenvalue weighted by Crippen LogP contribution is 2.12. The highest BCUT2D eigenvalue weighted by molar-refractivity contribution is 5.89. The van der Waals surface area contributed by atoms with Crippen LogP contribution in [-0.2, 0) is 25.7 Å². The van der Waals surface area contributed by atoms with Gasteiger partial charge in [-0.1, -0.05) is 64.4 Å². The van der Waals surface area contributed by atoms with Gasteiger partial charge >= 0.3 is 12.1 Å². The number of ether oxygens (including phenoxy) is 2. The lowest BCUT2D eigenvalue weighted by molar-refractivity contribution is -0.146. The molecule has 7 heteroatoms. The third-order valence-corrected chi connectivity index (χ3v) is 4.49. The summed E-state index contributed by atoms with van der Waals surface area (Å²) >= 11 is 0. The van der Waals surface area contributed by atoms with Crippen LogP contribution in [0.2, 0.25) is 0 Å². The van der Waals surface area contributed by atoms with E-state index in [2.05, 4.69) is 10.6 Å². The van der Waals surface area contributed by atoms with Gasteiger partial charge < -0.3 is 20.1 Å². The lowest BCUT2D eigenvalue weighted by Crippen LogP contribution is -2.54. The molecule has 28 heavy (non-hydrogen) atoms. The normalized spacial score (nSPS) is 13.9. The summed E-state index contributed by atoms with van der Waals surface area (Å²) in [7, 11) is 1.29. The van der Waals surface area contributed by atoms with Crippen molar-refractivity contribution in [1.29, 1.82) is 0 Å². The Kier molecular flexibility index (Phi) is 10.1. The van der Waals surface area contributed by atoms with Gasteiger partial charge in [-0.2, -0.15) is 0 Å². The second-order valence-corrected chi connectivity index (χ2v) is 7.28. The molecule has 3 atom stereocenters. The third kappa shape index (κ3) is 7.98. The van der Waals surface area contributed by atoms with Gasteiger partial charge in [0, 0.05) is 0 Å². The average Bonchev–Trinajstić information content (AvgIpc) is 2.69. The second-order valence-electron chi connectivity index (χ2n) is 7.28. The number of carbonyl (C=O) groups is 3. The maximum atomic E-state index is 12.8. The van der Waals surface area contributed by atoms with Gasteiger partial charge in [0.25, 0.3) is 0 Å². The van der Waals surface area contributed by atoms with E-state index in [0.29, 0.717) is 12.8 Å². The predicted molar refractivity (Wildman–Crippen MR) is 106 cm³/mol. The summed E-state index contributed by atoms with van der Waals surface area (Å²) < 4.78 is 10.0. The maximum absolute atomic E-state index is 12.8. The van der Waals surface area contributed by atoms with Crippen molar-refractivity contribution < 1.29 is 23.9 Å². The predicted octanol–water partition coefficient (Wildman–Crippen LogP) is 3.03. The fraction of sp³-hybridized carbons (Fsp3) is 0.571. The Morgan fingerprint density at radius 1 is 1.04 bits per heavy atom. The summed E-state index contributed by atoms with van der Waals surface area (Å²) in [5.74, 6) is -0.870. The number of amides is 2. The van der Waals surface area contributed by atoms with Crippen molar-refractivity contribution in [2.75, 3.05) is 7.11 Å². The summed E-state index contributed by atoms with van der Waals surface area (Å²) in [6, 6.07) is 7.71. The molecular formula is C21H32N2O5. The molecule has 7 nitrogen and oxygen atoms in total. The van der Waals surface area contributed by atoms with Gasteiger partial charge in [0.1, 0.15) is 18.7 Å². The standard InChI is InChI=1S/C21H32N2O5/c1-6-15(4)18(20(25)27-5)23-19(24)17(12-14(2)3)22-21(26)28-13-16-10-8-7-9-11-16/h7-11,14-15,17-18H,6,12-13H2,1-5H3,(H,22,26)(H,23,24)/t15?,17-,18-/m0/s1. The van der Waals surface area contributed by atoms with Crippen LogP contribution in [0.15, 0.2) is 30.3 Å². The van der Waals surface area contributed by atoms with Crippen LogP contribution in [0, 0.1) is 11.8 Å². The number of carbonyl (C=O) groups excluding carboxylic acids is 3. The van der Waals surface area contributed by atoms with E-state index in [4.69, 9.17) is 9.47 Å². The van der Waals surface area contributed by atoms with E-state index in [1.54, 1.807) is 0 Å². The minimum Gasteiger partial charge on any atom is -0.467 e. The van der Waals surface area contributed by atoms with Crippen LogP contribution in [0.3, 0.4) is 0 Å². The Balaban J connectivity index is 2.75. The zero-order valence-corrected chi connectivity index (χ0v) is 17.4. The molecule has 1 rings (SSSR count). The summed E-state index contributed by atoms with van der Waals surface area (Å²) in [5, 5.41) is 5.33. The molecule has 0 fully saturated rings. The first kappa shape index (κ1) is 23.5. The van der Waals surface area contributed by atoms with Crippen LogP contribution in [0.25, 0.3) is 0 Å². The smallest absolute Gasteiger partial charge is 0.408 e. The minimum absolute atomic E-state index is 0.0962. The van der Waals surface area contributed by atoms with Crippen molar-refractivity contribution in [2.24, 2.45) is 11.8 Å². The molecule has 1 unspecified atom stereocenters. The maximum Gasteiger partial charge on any atom is 0.408 e. The second kappa shape index (κ2) is 12.0. The third-order valence-electron chi connectivity index (χ3n) is 4.49. The van der Waals surface area contributed by atoms with E-state index in [1.165, 1.54) is 7.11 Å². The SMILES string of the molecule is CCC(C)[C@H](NC(=O)[C@H](CC(C)C)NC(=O)OCc1ccccc1)C(=O)OC. The van der Waals surface area contributed by atoms with Crippen LogP contribution in [0.1, 0.15) is 46.1 Å². The summed E-state index contributed by atoms with van der Waals surface area (Å²) in [5.41, 5.74) is 0.852. The summed E-state index contributed by atoms with van der Waals surface area (Å²) in [4.78, 5) is 36.9. The number of hydrogen-bond acceptors (Lipinski definition) is 5.